The average Bonchev–Trinajstić information content (AvgIpc) is 2.17. The Hall–Kier alpha value is -0.500. The van der Waals surface area contributed by atoms with E-state index in [1.165, 1.54) is 25.7 Å². The molecule has 1 fully saturated rings. The molecule has 1 aliphatic rings. The molecular weight excluding hydrogens is 164 g/mol. The van der Waals surface area contributed by atoms with Crippen LogP contribution >= 0.6 is 0 Å². The van der Waals surface area contributed by atoms with Crippen molar-refractivity contribution in [2.24, 2.45) is 11.8 Å². The third-order valence-electron chi connectivity index (χ3n) is 2.82. The molecule has 0 amide bonds. The van der Waals surface area contributed by atoms with E-state index in [1.54, 1.807) is 13.4 Å². The molecule has 76 valence electrons. The summed E-state index contributed by atoms with van der Waals surface area (Å²) in [6.45, 7) is 5.32. The van der Waals surface area contributed by atoms with Gasteiger partial charge in [-0.3, -0.25) is 0 Å². The first kappa shape index (κ1) is 10.6. The maximum atomic E-state index is 5.20. The molecule has 1 rings (SSSR count). The van der Waals surface area contributed by atoms with E-state index in [-0.39, 0.29) is 0 Å². The Morgan fingerprint density at radius 3 is 2.15 bits per heavy atom. The highest BCUT2D eigenvalue weighted by molar-refractivity contribution is 4.72. The zero-order chi connectivity index (χ0) is 9.52. The zero-order valence-corrected chi connectivity index (χ0v) is 8.50. The molecule has 0 aromatic heterocycles. The summed E-state index contributed by atoms with van der Waals surface area (Å²) < 4.78 is 10.4. The van der Waals surface area contributed by atoms with Gasteiger partial charge in [0.15, 0.2) is 0 Å². The van der Waals surface area contributed by atoms with E-state index in [4.69, 9.17) is 9.47 Å². The highest BCUT2D eigenvalue weighted by atomic mass is 16.5. The molecule has 0 heterocycles. The third-order valence-corrected chi connectivity index (χ3v) is 2.82. The molecule has 0 aromatic carbocycles. The molecule has 0 atom stereocenters. The summed E-state index contributed by atoms with van der Waals surface area (Å²) in [6, 6.07) is 0. The fourth-order valence-corrected chi connectivity index (χ4v) is 2.00. The van der Waals surface area contributed by atoms with Crippen LogP contribution in [0.5, 0.6) is 0 Å². The quantitative estimate of drug-likeness (QED) is 0.611. The van der Waals surface area contributed by atoms with Gasteiger partial charge in [0.25, 0.3) is 0 Å². The molecule has 0 spiro atoms. The van der Waals surface area contributed by atoms with Crippen molar-refractivity contribution in [2.75, 3.05) is 20.3 Å². The third kappa shape index (κ3) is 3.81. The van der Waals surface area contributed by atoms with Crippen LogP contribution in [-0.4, -0.2) is 20.3 Å². The van der Waals surface area contributed by atoms with Crippen molar-refractivity contribution in [2.45, 2.75) is 25.7 Å². The van der Waals surface area contributed by atoms with E-state index in [0.29, 0.717) is 0 Å². The molecule has 0 N–H and O–H groups in total. The lowest BCUT2D eigenvalue weighted by atomic mass is 9.83. The highest BCUT2D eigenvalue weighted by Gasteiger charge is 2.20. The molecule has 0 unspecified atom stereocenters. The Bertz CT molecular complexity index is 137. The minimum atomic E-state index is 0.742. The average molecular weight is 184 g/mol. The van der Waals surface area contributed by atoms with Crippen molar-refractivity contribution in [1.82, 2.24) is 0 Å². The minimum Gasteiger partial charge on any atom is -0.502 e. The van der Waals surface area contributed by atoms with Crippen molar-refractivity contribution < 1.29 is 9.47 Å². The Morgan fingerprint density at radius 2 is 1.69 bits per heavy atom. The Balaban J connectivity index is 2.11. The molecule has 13 heavy (non-hydrogen) atoms. The summed E-state index contributed by atoms with van der Waals surface area (Å²) in [6.07, 6.45) is 6.68. The van der Waals surface area contributed by atoms with E-state index < -0.39 is 0 Å². The van der Waals surface area contributed by atoms with Gasteiger partial charge >= 0.3 is 0 Å². The summed E-state index contributed by atoms with van der Waals surface area (Å²) in [5, 5.41) is 0. The Morgan fingerprint density at radius 1 is 1.15 bits per heavy atom. The lowest BCUT2D eigenvalue weighted by Crippen LogP contribution is -2.20. The lowest BCUT2D eigenvalue weighted by molar-refractivity contribution is 0.0974. The predicted octanol–water partition coefficient (Wildman–Crippen LogP) is 2.60. The van der Waals surface area contributed by atoms with Crippen molar-refractivity contribution in [3.63, 3.8) is 0 Å². The summed E-state index contributed by atoms with van der Waals surface area (Å²) in [5.74, 6) is 1.52. The van der Waals surface area contributed by atoms with Gasteiger partial charge in [-0.25, -0.2) is 0 Å². The van der Waals surface area contributed by atoms with Gasteiger partial charge in [-0.05, 0) is 37.5 Å². The maximum absolute atomic E-state index is 5.20. The molecule has 0 saturated heterocycles. The molecule has 2 heteroatoms. The molecule has 0 aromatic rings. The largest absolute Gasteiger partial charge is 0.502 e. The molecule has 0 radical (unpaired) electrons. The highest BCUT2D eigenvalue weighted by Crippen LogP contribution is 2.28. The van der Waals surface area contributed by atoms with Crippen LogP contribution in [0.3, 0.4) is 0 Å². The number of rotatable bonds is 5. The Labute approximate surface area is 80.9 Å². The fourth-order valence-electron chi connectivity index (χ4n) is 2.00. The molecule has 0 bridgehead atoms. The Kier molecular flexibility index (Phi) is 4.91. The van der Waals surface area contributed by atoms with Gasteiger partial charge in [0, 0.05) is 13.7 Å². The van der Waals surface area contributed by atoms with E-state index in [2.05, 4.69) is 6.58 Å². The number of hydrogen-bond donors (Lipinski definition) is 0. The monoisotopic (exact) mass is 184 g/mol. The zero-order valence-electron chi connectivity index (χ0n) is 8.50. The summed E-state index contributed by atoms with van der Waals surface area (Å²) in [5.41, 5.74) is 0. The lowest BCUT2D eigenvalue weighted by Gasteiger charge is -2.27. The second-order valence-electron chi connectivity index (χ2n) is 3.84. The maximum Gasteiger partial charge on any atom is 0.0901 e. The van der Waals surface area contributed by atoms with Gasteiger partial charge in [0.1, 0.15) is 0 Å². The van der Waals surface area contributed by atoms with Gasteiger partial charge in [-0.15, -0.1) is 0 Å². The SMILES string of the molecule is C=COCC1CCC(COC)CC1. The second-order valence-corrected chi connectivity index (χ2v) is 3.84. The van der Waals surface area contributed by atoms with Crippen LogP contribution in [0.25, 0.3) is 0 Å². The van der Waals surface area contributed by atoms with Crippen molar-refractivity contribution in [3.8, 4) is 0 Å². The molecular formula is C11H20O2. The second kappa shape index (κ2) is 6.03. The molecule has 0 aliphatic heterocycles. The van der Waals surface area contributed by atoms with Crippen LogP contribution in [0.2, 0.25) is 0 Å². The van der Waals surface area contributed by atoms with E-state index in [1.807, 2.05) is 0 Å². The molecule has 2 nitrogen and oxygen atoms in total. The van der Waals surface area contributed by atoms with Gasteiger partial charge < -0.3 is 9.47 Å². The van der Waals surface area contributed by atoms with Gasteiger partial charge in [0.2, 0.25) is 0 Å². The first-order chi connectivity index (χ1) is 6.36. The molecule has 1 aliphatic carbocycles. The summed E-state index contributed by atoms with van der Waals surface area (Å²) in [4.78, 5) is 0. The van der Waals surface area contributed by atoms with Gasteiger partial charge in [-0.2, -0.15) is 0 Å². The van der Waals surface area contributed by atoms with Crippen LogP contribution < -0.4 is 0 Å². The van der Waals surface area contributed by atoms with Crippen molar-refractivity contribution in [3.05, 3.63) is 12.8 Å². The summed E-state index contributed by atoms with van der Waals surface area (Å²) >= 11 is 0. The number of ether oxygens (including phenoxy) is 2. The number of methoxy groups -OCH3 is 1. The van der Waals surface area contributed by atoms with E-state index in [0.717, 1.165) is 25.0 Å². The van der Waals surface area contributed by atoms with Crippen LogP contribution in [0.1, 0.15) is 25.7 Å². The topological polar surface area (TPSA) is 18.5 Å². The fraction of sp³-hybridized carbons (Fsp3) is 0.818. The van der Waals surface area contributed by atoms with Gasteiger partial charge in [-0.1, -0.05) is 6.58 Å². The predicted molar refractivity (Wildman–Crippen MR) is 53.5 cm³/mol. The van der Waals surface area contributed by atoms with Crippen LogP contribution in [0, 0.1) is 11.8 Å². The first-order valence-corrected chi connectivity index (χ1v) is 5.08. The van der Waals surface area contributed by atoms with E-state index in [9.17, 15) is 0 Å². The molecule has 1 saturated carbocycles. The minimum absolute atomic E-state index is 0.742. The van der Waals surface area contributed by atoms with Gasteiger partial charge in [0.05, 0.1) is 12.9 Å². The normalized spacial score (nSPS) is 28.4. The smallest absolute Gasteiger partial charge is 0.0901 e. The van der Waals surface area contributed by atoms with E-state index >= 15 is 0 Å². The van der Waals surface area contributed by atoms with Crippen LogP contribution in [0.4, 0.5) is 0 Å². The van der Waals surface area contributed by atoms with Crippen molar-refractivity contribution in [1.29, 1.82) is 0 Å². The van der Waals surface area contributed by atoms with Crippen LogP contribution in [0.15, 0.2) is 12.8 Å². The standard InChI is InChI=1S/C11H20O2/c1-3-13-9-11-6-4-10(5-7-11)8-12-2/h3,10-11H,1,4-9H2,2H3. The summed E-state index contributed by atoms with van der Waals surface area (Å²) in [7, 11) is 1.78. The van der Waals surface area contributed by atoms with Crippen molar-refractivity contribution >= 4 is 0 Å². The number of hydrogen-bond acceptors (Lipinski definition) is 2. The first-order valence-electron chi connectivity index (χ1n) is 5.08. The van der Waals surface area contributed by atoms with Crippen LogP contribution in [-0.2, 0) is 9.47 Å².